The minimum atomic E-state index is 0.891. The Hall–Kier alpha value is -0.630. The van der Waals surface area contributed by atoms with Gasteiger partial charge in [0.15, 0.2) is 0 Å². The summed E-state index contributed by atoms with van der Waals surface area (Å²) < 4.78 is 0. The van der Waals surface area contributed by atoms with Crippen LogP contribution in [0.3, 0.4) is 0 Å². The van der Waals surface area contributed by atoms with Crippen molar-refractivity contribution in [3.05, 3.63) is 31.2 Å². The lowest BCUT2D eigenvalue weighted by Gasteiger charge is -2.03. The second kappa shape index (κ2) is 5.92. The number of nitrogen functional groups attached to an aromatic ring is 1. The Morgan fingerprint density at radius 1 is 1.23 bits per heavy atom. The van der Waals surface area contributed by atoms with Crippen molar-refractivity contribution in [3.63, 3.8) is 0 Å². The van der Waals surface area contributed by atoms with Crippen LogP contribution in [0.4, 0.5) is 5.69 Å². The number of thioether (sulfide) groups is 1. The molecule has 2 N–H and O–H groups in total. The number of rotatable bonds is 5. The third-order valence-electron chi connectivity index (χ3n) is 1.82. The largest absolute Gasteiger partial charge is 0.398 e. The second-order valence-electron chi connectivity index (χ2n) is 2.95. The summed E-state index contributed by atoms with van der Waals surface area (Å²) in [7, 11) is 0. The number of hydrogen-bond acceptors (Lipinski definition) is 2. The first-order chi connectivity index (χ1) is 6.34. The lowest BCUT2D eigenvalue weighted by atomic mass is 10.3. The molecule has 0 aliphatic heterocycles. The van der Waals surface area contributed by atoms with Gasteiger partial charge in [-0.05, 0) is 24.3 Å². The van der Waals surface area contributed by atoms with Crippen LogP contribution in [-0.2, 0) is 0 Å². The van der Waals surface area contributed by atoms with Crippen LogP contribution in [0.1, 0.15) is 19.3 Å². The molecule has 1 radical (unpaired) electrons. The average Bonchev–Trinajstić information content (AvgIpc) is 2.15. The van der Waals surface area contributed by atoms with E-state index in [9.17, 15) is 0 Å². The van der Waals surface area contributed by atoms with Gasteiger partial charge in [0.05, 0.1) is 0 Å². The van der Waals surface area contributed by atoms with Crippen molar-refractivity contribution in [2.75, 3.05) is 11.5 Å². The summed E-state index contributed by atoms with van der Waals surface area (Å²) >= 11 is 1.83. The normalized spacial score (nSPS) is 10.2. The fourth-order valence-electron chi connectivity index (χ4n) is 1.07. The van der Waals surface area contributed by atoms with Crippen LogP contribution >= 0.6 is 11.8 Å². The number of nitrogens with two attached hydrogens (primary N) is 1. The minimum Gasteiger partial charge on any atom is -0.398 e. The molecule has 13 heavy (non-hydrogen) atoms. The molecule has 0 aliphatic rings. The molecule has 0 amide bonds. The predicted octanol–water partition coefficient (Wildman–Crippen LogP) is 3.37. The van der Waals surface area contributed by atoms with E-state index in [-0.39, 0.29) is 0 Å². The van der Waals surface area contributed by atoms with Crippen LogP contribution < -0.4 is 5.73 Å². The van der Waals surface area contributed by atoms with Crippen molar-refractivity contribution in [2.24, 2.45) is 0 Å². The molecule has 0 aromatic heterocycles. The van der Waals surface area contributed by atoms with Gasteiger partial charge < -0.3 is 5.73 Å². The van der Waals surface area contributed by atoms with E-state index in [4.69, 9.17) is 5.73 Å². The molecular formula is C11H16NS. The maximum absolute atomic E-state index is 5.80. The van der Waals surface area contributed by atoms with Gasteiger partial charge in [-0.2, -0.15) is 0 Å². The lowest BCUT2D eigenvalue weighted by Crippen LogP contribution is -1.88. The quantitative estimate of drug-likeness (QED) is 0.442. The second-order valence-corrected chi connectivity index (χ2v) is 4.08. The highest BCUT2D eigenvalue weighted by Gasteiger charge is 1.96. The van der Waals surface area contributed by atoms with Crippen LogP contribution in [0, 0.1) is 6.92 Å². The number of hydrogen-bond donors (Lipinski definition) is 1. The highest BCUT2D eigenvalue weighted by molar-refractivity contribution is 7.99. The van der Waals surface area contributed by atoms with E-state index >= 15 is 0 Å². The van der Waals surface area contributed by atoms with Gasteiger partial charge in [0.25, 0.3) is 0 Å². The highest BCUT2D eigenvalue weighted by atomic mass is 32.2. The molecule has 0 fully saturated rings. The van der Waals surface area contributed by atoms with Gasteiger partial charge in [0, 0.05) is 10.6 Å². The summed E-state index contributed by atoms with van der Waals surface area (Å²) in [4.78, 5) is 1.20. The predicted molar refractivity (Wildman–Crippen MR) is 60.8 cm³/mol. The molecule has 0 saturated carbocycles. The van der Waals surface area contributed by atoms with Crippen molar-refractivity contribution in [2.45, 2.75) is 24.2 Å². The summed E-state index contributed by atoms with van der Waals surface area (Å²) in [5, 5.41) is 0. The summed E-state index contributed by atoms with van der Waals surface area (Å²) in [5.41, 5.74) is 6.69. The van der Waals surface area contributed by atoms with E-state index in [2.05, 4.69) is 13.0 Å². The van der Waals surface area contributed by atoms with Crippen molar-refractivity contribution in [1.82, 2.24) is 0 Å². The minimum absolute atomic E-state index is 0.891. The molecule has 71 valence electrons. The molecule has 1 rings (SSSR count). The highest BCUT2D eigenvalue weighted by Crippen LogP contribution is 2.25. The van der Waals surface area contributed by atoms with Gasteiger partial charge in [-0.15, -0.1) is 11.8 Å². The molecule has 1 aromatic rings. The summed E-state index contributed by atoms with van der Waals surface area (Å²) in [5.74, 6) is 1.14. The Balaban J connectivity index is 2.32. The first-order valence-corrected chi connectivity index (χ1v) is 5.59. The zero-order chi connectivity index (χ0) is 9.52. The van der Waals surface area contributed by atoms with Gasteiger partial charge in [0.2, 0.25) is 0 Å². The maximum atomic E-state index is 5.80. The summed E-state index contributed by atoms with van der Waals surface area (Å²) in [6.07, 6.45) is 3.47. The SMILES string of the molecule is [CH2]CCCCSc1ccccc1N. The van der Waals surface area contributed by atoms with E-state index in [1.54, 1.807) is 0 Å². The number of para-hydroxylation sites is 1. The van der Waals surface area contributed by atoms with Gasteiger partial charge in [-0.1, -0.05) is 31.9 Å². The zero-order valence-electron chi connectivity index (χ0n) is 7.83. The zero-order valence-corrected chi connectivity index (χ0v) is 8.65. The first-order valence-electron chi connectivity index (χ1n) is 4.61. The van der Waals surface area contributed by atoms with E-state index in [1.165, 1.54) is 17.7 Å². The molecule has 0 unspecified atom stereocenters. The number of anilines is 1. The molecule has 0 atom stereocenters. The Morgan fingerprint density at radius 2 is 2.00 bits per heavy atom. The monoisotopic (exact) mass is 194 g/mol. The van der Waals surface area contributed by atoms with Crippen molar-refractivity contribution in [3.8, 4) is 0 Å². The van der Waals surface area contributed by atoms with Crippen molar-refractivity contribution < 1.29 is 0 Å². The lowest BCUT2D eigenvalue weighted by molar-refractivity contribution is 0.821. The molecular weight excluding hydrogens is 178 g/mol. The third-order valence-corrected chi connectivity index (χ3v) is 3.00. The topological polar surface area (TPSA) is 26.0 Å². The Kier molecular flexibility index (Phi) is 4.76. The van der Waals surface area contributed by atoms with Gasteiger partial charge in [-0.3, -0.25) is 0 Å². The van der Waals surface area contributed by atoms with E-state index in [0.29, 0.717) is 0 Å². The third kappa shape index (κ3) is 3.73. The molecule has 0 spiro atoms. The molecule has 0 saturated heterocycles. The van der Waals surface area contributed by atoms with Gasteiger partial charge in [0.1, 0.15) is 0 Å². The van der Waals surface area contributed by atoms with Crippen molar-refractivity contribution >= 4 is 17.4 Å². The Labute approximate surface area is 84.7 Å². The summed E-state index contributed by atoms with van der Waals surface area (Å²) in [6, 6.07) is 8.02. The van der Waals surface area contributed by atoms with Crippen LogP contribution in [0.2, 0.25) is 0 Å². The Bertz CT molecular complexity index is 248. The van der Waals surface area contributed by atoms with Crippen LogP contribution in [0.15, 0.2) is 29.2 Å². The van der Waals surface area contributed by atoms with E-state index in [0.717, 1.165) is 17.9 Å². The average molecular weight is 194 g/mol. The Morgan fingerprint density at radius 3 is 2.69 bits per heavy atom. The van der Waals surface area contributed by atoms with Crippen LogP contribution in [-0.4, -0.2) is 5.75 Å². The number of unbranched alkanes of at least 4 members (excludes halogenated alkanes) is 2. The molecule has 2 heteroatoms. The van der Waals surface area contributed by atoms with Crippen LogP contribution in [0.25, 0.3) is 0 Å². The first kappa shape index (κ1) is 10.5. The fraction of sp³-hybridized carbons (Fsp3) is 0.364. The van der Waals surface area contributed by atoms with Crippen molar-refractivity contribution in [1.29, 1.82) is 0 Å². The molecule has 0 heterocycles. The standard InChI is InChI=1S/C11H16NS/c1-2-3-6-9-13-11-8-5-4-7-10(11)12/h4-5,7-8H,1-3,6,9,12H2. The summed E-state index contributed by atoms with van der Waals surface area (Å²) in [6.45, 7) is 3.81. The molecule has 1 nitrogen and oxygen atoms in total. The molecule has 1 aromatic carbocycles. The maximum Gasteiger partial charge on any atom is 0.0452 e. The van der Waals surface area contributed by atoms with E-state index < -0.39 is 0 Å². The van der Waals surface area contributed by atoms with E-state index in [1.807, 2.05) is 30.0 Å². The molecule has 0 bridgehead atoms. The fourth-order valence-corrected chi connectivity index (χ4v) is 2.05. The van der Waals surface area contributed by atoms with Crippen LogP contribution in [0.5, 0.6) is 0 Å². The van der Waals surface area contributed by atoms with Gasteiger partial charge >= 0.3 is 0 Å². The number of benzene rings is 1. The molecule has 0 aliphatic carbocycles. The van der Waals surface area contributed by atoms with Gasteiger partial charge in [-0.25, -0.2) is 0 Å². The smallest absolute Gasteiger partial charge is 0.0452 e.